The molecule has 1 fully saturated rings. The third-order valence-corrected chi connectivity index (χ3v) is 3.18. The van der Waals surface area contributed by atoms with Gasteiger partial charge in [-0.1, -0.05) is 23.2 Å². The maximum absolute atomic E-state index is 12.0. The molecule has 0 saturated carbocycles. The molecule has 0 bridgehead atoms. The van der Waals surface area contributed by atoms with Crippen LogP contribution >= 0.6 is 23.2 Å². The second-order valence-corrected chi connectivity index (χ2v) is 5.10. The van der Waals surface area contributed by atoms with Gasteiger partial charge in [-0.3, -0.25) is 0 Å². The Balaban J connectivity index is 2.02. The number of hydrogen-bond donors (Lipinski definition) is 2. The van der Waals surface area contributed by atoms with Gasteiger partial charge < -0.3 is 20.1 Å². The molecule has 6 nitrogen and oxygen atoms in total. The molecule has 2 amide bonds. The second-order valence-electron chi connectivity index (χ2n) is 4.23. The molecule has 20 heavy (non-hydrogen) atoms. The average Bonchev–Trinajstić information content (AvgIpc) is 2.37. The number of benzene rings is 1. The van der Waals surface area contributed by atoms with Crippen molar-refractivity contribution in [2.75, 3.05) is 25.0 Å². The van der Waals surface area contributed by atoms with Crippen LogP contribution < -0.4 is 5.32 Å². The molecule has 108 valence electrons. The molecule has 0 aliphatic carbocycles. The highest BCUT2D eigenvalue weighted by Crippen LogP contribution is 2.22. The number of nitrogens with zero attached hydrogens (tertiary/aromatic N) is 1. The predicted octanol–water partition coefficient (Wildman–Crippen LogP) is 2.31. The molecular weight excluding hydrogens is 307 g/mol. The molecular formula is C12H12Cl2N2O4. The molecule has 8 heteroatoms. The van der Waals surface area contributed by atoms with Gasteiger partial charge in [-0.2, -0.15) is 0 Å². The number of nitrogens with one attached hydrogen (secondary N) is 1. The number of anilines is 1. The smallest absolute Gasteiger partial charge is 0.334 e. The minimum atomic E-state index is -1.09. The standard InChI is InChI=1S/C12H12Cl2N2O4/c13-7-3-8(14)5-9(4-7)15-12(19)16-1-2-20-10(6-16)11(17)18/h3-5,10H,1-2,6H2,(H,15,19)(H,17,18). The van der Waals surface area contributed by atoms with Crippen LogP contribution in [0.2, 0.25) is 10.0 Å². The van der Waals surface area contributed by atoms with E-state index in [1.54, 1.807) is 18.2 Å². The van der Waals surface area contributed by atoms with Gasteiger partial charge in [-0.05, 0) is 18.2 Å². The van der Waals surface area contributed by atoms with Crippen LogP contribution in [-0.4, -0.2) is 47.8 Å². The predicted molar refractivity (Wildman–Crippen MR) is 74.4 cm³/mol. The van der Waals surface area contributed by atoms with Crippen molar-refractivity contribution in [3.63, 3.8) is 0 Å². The topological polar surface area (TPSA) is 78.9 Å². The van der Waals surface area contributed by atoms with E-state index >= 15 is 0 Å². The maximum atomic E-state index is 12.0. The zero-order valence-corrected chi connectivity index (χ0v) is 11.8. The quantitative estimate of drug-likeness (QED) is 0.877. The highest BCUT2D eigenvalue weighted by Gasteiger charge is 2.28. The van der Waals surface area contributed by atoms with Crippen molar-refractivity contribution in [3.05, 3.63) is 28.2 Å². The van der Waals surface area contributed by atoms with Crippen LogP contribution in [0.4, 0.5) is 10.5 Å². The van der Waals surface area contributed by atoms with Gasteiger partial charge in [0.2, 0.25) is 0 Å². The summed E-state index contributed by atoms with van der Waals surface area (Å²) in [7, 11) is 0. The van der Waals surface area contributed by atoms with Crippen LogP contribution in [0.15, 0.2) is 18.2 Å². The number of carboxylic acid groups (broad SMARTS) is 1. The fraction of sp³-hybridized carbons (Fsp3) is 0.333. The molecule has 1 unspecified atom stereocenters. The molecule has 1 heterocycles. The highest BCUT2D eigenvalue weighted by molar-refractivity contribution is 6.35. The van der Waals surface area contributed by atoms with Crippen LogP contribution in [-0.2, 0) is 9.53 Å². The van der Waals surface area contributed by atoms with E-state index in [9.17, 15) is 9.59 Å². The minimum Gasteiger partial charge on any atom is -0.479 e. The number of rotatable bonds is 2. The Morgan fingerprint density at radius 1 is 1.30 bits per heavy atom. The number of aliphatic carboxylic acids is 1. The summed E-state index contributed by atoms with van der Waals surface area (Å²) >= 11 is 11.7. The zero-order chi connectivity index (χ0) is 14.7. The lowest BCUT2D eigenvalue weighted by Crippen LogP contribution is -2.49. The van der Waals surface area contributed by atoms with Crippen molar-refractivity contribution in [1.29, 1.82) is 0 Å². The molecule has 1 aromatic carbocycles. The summed E-state index contributed by atoms with van der Waals surface area (Å²) in [6.07, 6.45) is -1.00. The fourth-order valence-corrected chi connectivity index (χ4v) is 2.34. The maximum Gasteiger partial charge on any atom is 0.334 e. The zero-order valence-electron chi connectivity index (χ0n) is 10.3. The first-order valence-electron chi connectivity index (χ1n) is 5.82. The fourth-order valence-electron chi connectivity index (χ4n) is 1.81. The summed E-state index contributed by atoms with van der Waals surface area (Å²) in [6, 6.07) is 4.24. The Morgan fingerprint density at radius 2 is 1.95 bits per heavy atom. The summed E-state index contributed by atoms with van der Waals surface area (Å²) < 4.78 is 5.04. The number of amides is 2. The van der Waals surface area contributed by atoms with Gasteiger partial charge >= 0.3 is 12.0 Å². The number of urea groups is 1. The van der Waals surface area contributed by atoms with Gasteiger partial charge in [-0.15, -0.1) is 0 Å². The molecule has 1 aliphatic rings. The Kier molecular flexibility index (Phi) is 4.69. The summed E-state index contributed by atoms with van der Waals surface area (Å²) in [5, 5.41) is 12.3. The molecule has 1 aromatic rings. The van der Waals surface area contributed by atoms with E-state index < -0.39 is 18.1 Å². The van der Waals surface area contributed by atoms with Gasteiger partial charge in [0.25, 0.3) is 0 Å². The molecule has 2 N–H and O–H groups in total. The lowest BCUT2D eigenvalue weighted by Gasteiger charge is -2.30. The lowest BCUT2D eigenvalue weighted by atomic mass is 10.3. The number of carbonyl (C=O) groups excluding carboxylic acids is 1. The van der Waals surface area contributed by atoms with Gasteiger partial charge in [0.05, 0.1) is 13.2 Å². The van der Waals surface area contributed by atoms with Gasteiger partial charge in [0, 0.05) is 22.3 Å². The van der Waals surface area contributed by atoms with Crippen LogP contribution in [0.25, 0.3) is 0 Å². The van der Waals surface area contributed by atoms with Crippen molar-refractivity contribution < 1.29 is 19.4 Å². The van der Waals surface area contributed by atoms with E-state index in [1.807, 2.05) is 0 Å². The first-order chi connectivity index (χ1) is 9.45. The number of carbonyl (C=O) groups is 2. The van der Waals surface area contributed by atoms with Crippen LogP contribution in [0, 0.1) is 0 Å². The van der Waals surface area contributed by atoms with E-state index in [1.165, 1.54) is 4.90 Å². The summed E-state index contributed by atoms with van der Waals surface area (Å²) in [5.74, 6) is -1.09. The Bertz CT molecular complexity index is 518. The van der Waals surface area contributed by atoms with Gasteiger partial charge in [0.1, 0.15) is 0 Å². The monoisotopic (exact) mass is 318 g/mol. The minimum absolute atomic E-state index is 0.00450. The number of hydrogen-bond acceptors (Lipinski definition) is 3. The Morgan fingerprint density at radius 3 is 2.55 bits per heavy atom. The second kappa shape index (κ2) is 6.30. The highest BCUT2D eigenvalue weighted by atomic mass is 35.5. The molecule has 0 radical (unpaired) electrons. The van der Waals surface area contributed by atoms with E-state index in [2.05, 4.69) is 5.32 Å². The summed E-state index contributed by atoms with van der Waals surface area (Å²) in [4.78, 5) is 24.3. The van der Waals surface area contributed by atoms with Crippen molar-refractivity contribution in [2.45, 2.75) is 6.10 Å². The van der Waals surface area contributed by atoms with Crippen LogP contribution in [0.5, 0.6) is 0 Å². The van der Waals surface area contributed by atoms with E-state index in [0.717, 1.165) is 0 Å². The number of carboxylic acids is 1. The molecule has 0 aromatic heterocycles. The Hall–Kier alpha value is -1.50. The first kappa shape index (κ1) is 14.9. The lowest BCUT2D eigenvalue weighted by molar-refractivity contribution is -0.154. The van der Waals surface area contributed by atoms with Gasteiger partial charge in [-0.25, -0.2) is 9.59 Å². The molecule has 1 atom stereocenters. The third kappa shape index (κ3) is 3.75. The average molecular weight is 319 g/mol. The van der Waals surface area contributed by atoms with E-state index in [-0.39, 0.29) is 13.2 Å². The van der Waals surface area contributed by atoms with Crippen molar-refractivity contribution in [2.24, 2.45) is 0 Å². The largest absolute Gasteiger partial charge is 0.479 e. The third-order valence-electron chi connectivity index (χ3n) is 2.74. The summed E-state index contributed by atoms with van der Waals surface area (Å²) in [5.41, 5.74) is 0.450. The van der Waals surface area contributed by atoms with E-state index in [4.69, 9.17) is 33.0 Å². The van der Waals surface area contributed by atoms with Crippen LogP contribution in [0.3, 0.4) is 0 Å². The van der Waals surface area contributed by atoms with Crippen molar-refractivity contribution in [3.8, 4) is 0 Å². The molecule has 1 saturated heterocycles. The van der Waals surface area contributed by atoms with Crippen molar-refractivity contribution in [1.82, 2.24) is 4.90 Å². The normalized spacial score (nSPS) is 18.7. The number of ether oxygens (including phenoxy) is 1. The van der Waals surface area contributed by atoms with Crippen LogP contribution in [0.1, 0.15) is 0 Å². The molecule has 1 aliphatic heterocycles. The molecule has 2 rings (SSSR count). The van der Waals surface area contributed by atoms with Crippen molar-refractivity contribution >= 4 is 40.9 Å². The number of halogens is 2. The first-order valence-corrected chi connectivity index (χ1v) is 6.58. The van der Waals surface area contributed by atoms with Gasteiger partial charge in [0.15, 0.2) is 6.10 Å². The SMILES string of the molecule is O=C(O)C1CN(C(=O)Nc2cc(Cl)cc(Cl)c2)CCO1. The summed E-state index contributed by atoms with van der Waals surface area (Å²) in [6.45, 7) is 0.500. The van der Waals surface area contributed by atoms with E-state index in [0.29, 0.717) is 22.3 Å². The number of morpholine rings is 1. The Labute approximate surface area is 125 Å². The molecule has 0 spiro atoms.